The Labute approximate surface area is 79.5 Å². The molecule has 1 atom stereocenters. The van der Waals surface area contributed by atoms with E-state index >= 15 is 0 Å². The lowest BCUT2D eigenvalue weighted by atomic mass is 10.2. The van der Waals surface area contributed by atoms with Crippen LogP contribution in [0.15, 0.2) is 16.5 Å². The summed E-state index contributed by atoms with van der Waals surface area (Å²) >= 11 is 0. The maximum atomic E-state index is 5.53. The van der Waals surface area contributed by atoms with Crippen LogP contribution in [0.1, 0.15) is 24.5 Å². The first kappa shape index (κ1) is 10.3. The minimum absolute atomic E-state index is 0.303. The van der Waals surface area contributed by atoms with E-state index in [9.17, 15) is 0 Å². The Balaban J connectivity index is 2.61. The van der Waals surface area contributed by atoms with Gasteiger partial charge in [0.05, 0.1) is 6.04 Å². The van der Waals surface area contributed by atoms with Crippen molar-refractivity contribution in [3.63, 3.8) is 0 Å². The van der Waals surface area contributed by atoms with Crippen molar-refractivity contribution in [2.24, 2.45) is 5.73 Å². The van der Waals surface area contributed by atoms with E-state index in [2.05, 4.69) is 18.9 Å². The highest BCUT2D eigenvalue weighted by atomic mass is 16.3. The predicted octanol–water partition coefficient (Wildman–Crippen LogP) is 1.54. The molecule has 13 heavy (non-hydrogen) atoms. The molecule has 0 amide bonds. The Morgan fingerprint density at radius 3 is 2.69 bits per heavy atom. The number of hydrogen-bond acceptors (Lipinski definition) is 3. The Kier molecular flexibility index (Phi) is 3.51. The number of hydrogen-bond donors (Lipinski definition) is 1. The largest absolute Gasteiger partial charge is 0.465 e. The molecule has 0 saturated carbocycles. The Morgan fingerprint density at radius 1 is 1.54 bits per heavy atom. The van der Waals surface area contributed by atoms with E-state index in [1.165, 1.54) is 0 Å². The summed E-state index contributed by atoms with van der Waals surface area (Å²) in [6.07, 6.45) is 0. The van der Waals surface area contributed by atoms with Crippen molar-refractivity contribution in [2.45, 2.75) is 19.9 Å². The molecule has 0 radical (unpaired) electrons. The monoisotopic (exact) mass is 182 g/mol. The fraction of sp³-hybridized carbons (Fsp3) is 0.600. The van der Waals surface area contributed by atoms with Crippen LogP contribution >= 0.6 is 0 Å². The molecule has 0 aromatic carbocycles. The fourth-order valence-electron chi connectivity index (χ4n) is 1.29. The van der Waals surface area contributed by atoms with Crippen LogP contribution in [0, 0.1) is 6.92 Å². The van der Waals surface area contributed by atoms with Gasteiger partial charge in [-0.25, -0.2) is 0 Å². The van der Waals surface area contributed by atoms with Crippen LogP contribution in [0.4, 0.5) is 0 Å². The maximum Gasteiger partial charge on any atom is 0.121 e. The van der Waals surface area contributed by atoms with Gasteiger partial charge in [-0.2, -0.15) is 0 Å². The van der Waals surface area contributed by atoms with Gasteiger partial charge >= 0.3 is 0 Å². The number of rotatable bonds is 4. The number of nitrogens with two attached hydrogens (primary N) is 1. The van der Waals surface area contributed by atoms with Crippen molar-refractivity contribution in [3.8, 4) is 0 Å². The van der Waals surface area contributed by atoms with E-state index in [1.807, 2.05) is 19.1 Å². The van der Waals surface area contributed by atoms with Crippen molar-refractivity contribution in [3.05, 3.63) is 23.7 Å². The summed E-state index contributed by atoms with van der Waals surface area (Å²) in [5.74, 6) is 1.97. The van der Waals surface area contributed by atoms with Crippen molar-refractivity contribution in [1.82, 2.24) is 4.90 Å². The molecular formula is C10H18N2O. The van der Waals surface area contributed by atoms with Gasteiger partial charge in [0.25, 0.3) is 0 Å². The third kappa shape index (κ3) is 2.57. The quantitative estimate of drug-likeness (QED) is 0.768. The van der Waals surface area contributed by atoms with Crippen molar-refractivity contribution < 1.29 is 4.42 Å². The Morgan fingerprint density at radius 2 is 2.23 bits per heavy atom. The summed E-state index contributed by atoms with van der Waals surface area (Å²) in [7, 11) is 2.05. The average Bonchev–Trinajstić information content (AvgIpc) is 2.51. The molecule has 2 N–H and O–H groups in total. The standard InChI is InChI=1S/C10H18N2O/c1-8-4-5-10(13-8)9(2)12(3)7-6-11/h4-5,9H,6-7,11H2,1-3H3. The van der Waals surface area contributed by atoms with Gasteiger partial charge < -0.3 is 10.2 Å². The summed E-state index contributed by atoms with van der Waals surface area (Å²) < 4.78 is 5.53. The minimum atomic E-state index is 0.303. The highest BCUT2D eigenvalue weighted by Crippen LogP contribution is 2.20. The number of likely N-dealkylation sites (N-methyl/N-ethyl adjacent to an activating group) is 1. The zero-order valence-corrected chi connectivity index (χ0v) is 8.58. The van der Waals surface area contributed by atoms with Crippen molar-refractivity contribution in [1.29, 1.82) is 0 Å². The van der Waals surface area contributed by atoms with Crippen LogP contribution in [0.3, 0.4) is 0 Å². The molecular weight excluding hydrogens is 164 g/mol. The smallest absolute Gasteiger partial charge is 0.121 e. The molecule has 0 bridgehead atoms. The van der Waals surface area contributed by atoms with Gasteiger partial charge in [0.1, 0.15) is 11.5 Å². The lowest BCUT2D eigenvalue weighted by Gasteiger charge is -2.21. The summed E-state index contributed by atoms with van der Waals surface area (Å²) in [5.41, 5.74) is 5.48. The molecule has 1 aromatic rings. The normalized spacial score (nSPS) is 13.6. The van der Waals surface area contributed by atoms with Crippen LogP contribution < -0.4 is 5.73 Å². The molecule has 74 valence electrons. The summed E-state index contributed by atoms with van der Waals surface area (Å²) in [5, 5.41) is 0. The van der Waals surface area contributed by atoms with Crippen molar-refractivity contribution in [2.75, 3.05) is 20.1 Å². The van der Waals surface area contributed by atoms with E-state index in [0.29, 0.717) is 12.6 Å². The highest BCUT2D eigenvalue weighted by molar-refractivity contribution is 5.08. The van der Waals surface area contributed by atoms with Crippen LogP contribution in [0.2, 0.25) is 0 Å². The molecule has 0 aliphatic carbocycles. The molecule has 3 nitrogen and oxygen atoms in total. The number of furan rings is 1. The van der Waals surface area contributed by atoms with Crippen LogP contribution in [0.25, 0.3) is 0 Å². The summed E-state index contributed by atoms with van der Waals surface area (Å²) in [6, 6.07) is 4.31. The third-order valence-corrected chi connectivity index (χ3v) is 2.32. The lowest BCUT2D eigenvalue weighted by molar-refractivity contribution is 0.235. The molecule has 1 aromatic heterocycles. The van der Waals surface area contributed by atoms with E-state index in [0.717, 1.165) is 18.1 Å². The minimum Gasteiger partial charge on any atom is -0.465 e. The molecule has 3 heteroatoms. The molecule has 1 unspecified atom stereocenters. The second-order valence-electron chi connectivity index (χ2n) is 3.39. The first-order valence-electron chi connectivity index (χ1n) is 4.61. The molecule has 1 heterocycles. The molecule has 0 saturated heterocycles. The van der Waals surface area contributed by atoms with Gasteiger partial charge in [0.15, 0.2) is 0 Å². The van der Waals surface area contributed by atoms with E-state index in [4.69, 9.17) is 10.2 Å². The van der Waals surface area contributed by atoms with Gasteiger partial charge in [0, 0.05) is 13.1 Å². The van der Waals surface area contributed by atoms with Crippen LogP contribution in [-0.4, -0.2) is 25.0 Å². The highest BCUT2D eigenvalue weighted by Gasteiger charge is 2.13. The first-order valence-corrected chi connectivity index (χ1v) is 4.61. The van der Waals surface area contributed by atoms with Gasteiger partial charge in [0.2, 0.25) is 0 Å². The molecule has 0 aliphatic heterocycles. The van der Waals surface area contributed by atoms with Crippen LogP contribution in [-0.2, 0) is 0 Å². The molecule has 1 rings (SSSR count). The zero-order chi connectivity index (χ0) is 9.84. The molecule has 0 aliphatic rings. The average molecular weight is 182 g/mol. The van der Waals surface area contributed by atoms with Gasteiger partial charge in [-0.05, 0) is 33.0 Å². The Bertz CT molecular complexity index is 257. The lowest BCUT2D eigenvalue weighted by Crippen LogP contribution is -2.28. The topological polar surface area (TPSA) is 42.4 Å². The zero-order valence-electron chi connectivity index (χ0n) is 8.58. The first-order chi connectivity index (χ1) is 6.15. The predicted molar refractivity (Wildman–Crippen MR) is 53.5 cm³/mol. The van der Waals surface area contributed by atoms with Gasteiger partial charge in [-0.1, -0.05) is 0 Å². The summed E-state index contributed by atoms with van der Waals surface area (Å²) in [4.78, 5) is 2.18. The Hall–Kier alpha value is -0.800. The molecule has 0 spiro atoms. The van der Waals surface area contributed by atoms with Crippen LogP contribution in [0.5, 0.6) is 0 Å². The SMILES string of the molecule is Cc1ccc(C(C)N(C)CCN)o1. The molecule has 0 fully saturated rings. The summed E-state index contributed by atoms with van der Waals surface area (Å²) in [6.45, 7) is 5.65. The fourth-order valence-corrected chi connectivity index (χ4v) is 1.29. The third-order valence-electron chi connectivity index (χ3n) is 2.32. The second-order valence-corrected chi connectivity index (χ2v) is 3.39. The van der Waals surface area contributed by atoms with E-state index < -0.39 is 0 Å². The maximum absolute atomic E-state index is 5.53. The number of nitrogens with zero attached hydrogens (tertiary/aromatic N) is 1. The number of aryl methyl sites for hydroxylation is 1. The van der Waals surface area contributed by atoms with Gasteiger partial charge in [-0.15, -0.1) is 0 Å². The second kappa shape index (κ2) is 4.44. The van der Waals surface area contributed by atoms with E-state index in [1.54, 1.807) is 0 Å². The van der Waals surface area contributed by atoms with E-state index in [-0.39, 0.29) is 0 Å². The van der Waals surface area contributed by atoms with Gasteiger partial charge in [-0.3, -0.25) is 4.90 Å². The van der Waals surface area contributed by atoms with Crippen molar-refractivity contribution >= 4 is 0 Å².